The van der Waals surface area contributed by atoms with Crippen LogP contribution in [0.1, 0.15) is 42.2 Å². The third kappa shape index (κ3) is 5.54. The lowest BCUT2D eigenvalue weighted by Crippen LogP contribution is -2.26. The lowest BCUT2D eigenvalue weighted by Gasteiger charge is -2.11. The summed E-state index contributed by atoms with van der Waals surface area (Å²) in [7, 11) is 1.25. The quantitative estimate of drug-likeness (QED) is 0.594. The van der Waals surface area contributed by atoms with Crippen LogP contribution in [-0.2, 0) is 17.8 Å². The molecule has 2 N–H and O–H groups in total. The molecule has 0 heterocycles. The van der Waals surface area contributed by atoms with Gasteiger partial charge in [0.05, 0.1) is 12.7 Å². The van der Waals surface area contributed by atoms with Gasteiger partial charge in [0.2, 0.25) is 0 Å². The standard InChI is InChI=1S/C24H22N2O4/c1-30-24(29)21-13-19(22(27)25-15-17-8-4-2-5-9-17)12-20(14-21)23(28)26-16-18-10-6-3-7-11-18/h2-14H,15-16H2,1H3,(H,25,27)(H,26,28). The Morgan fingerprint density at radius 1 is 0.667 bits per heavy atom. The smallest absolute Gasteiger partial charge is 0.337 e. The number of carbonyl (C=O) groups excluding carboxylic acids is 3. The number of esters is 1. The van der Waals surface area contributed by atoms with Crippen molar-refractivity contribution < 1.29 is 19.1 Å². The van der Waals surface area contributed by atoms with Crippen LogP contribution in [0.25, 0.3) is 0 Å². The molecule has 0 spiro atoms. The molecule has 0 fully saturated rings. The van der Waals surface area contributed by atoms with Crippen molar-refractivity contribution in [1.29, 1.82) is 0 Å². The highest BCUT2D eigenvalue weighted by atomic mass is 16.5. The van der Waals surface area contributed by atoms with Gasteiger partial charge < -0.3 is 15.4 Å². The topological polar surface area (TPSA) is 84.5 Å². The van der Waals surface area contributed by atoms with E-state index in [0.717, 1.165) is 11.1 Å². The van der Waals surface area contributed by atoms with Gasteiger partial charge in [-0.15, -0.1) is 0 Å². The van der Waals surface area contributed by atoms with Crippen molar-refractivity contribution in [3.63, 3.8) is 0 Å². The van der Waals surface area contributed by atoms with Gasteiger partial charge in [-0.2, -0.15) is 0 Å². The summed E-state index contributed by atoms with van der Waals surface area (Å²) in [6.45, 7) is 0.662. The minimum absolute atomic E-state index is 0.134. The third-order valence-electron chi connectivity index (χ3n) is 4.47. The zero-order valence-corrected chi connectivity index (χ0v) is 16.6. The van der Waals surface area contributed by atoms with Gasteiger partial charge in [0.25, 0.3) is 11.8 Å². The molecule has 0 atom stereocenters. The summed E-state index contributed by atoms with van der Waals surface area (Å²) in [6.07, 6.45) is 0. The number of amides is 2. The van der Waals surface area contributed by atoms with E-state index in [1.165, 1.54) is 25.3 Å². The Kier molecular flexibility index (Phi) is 6.95. The highest BCUT2D eigenvalue weighted by Crippen LogP contribution is 2.13. The fourth-order valence-corrected chi connectivity index (χ4v) is 2.89. The minimum atomic E-state index is -0.621. The molecule has 6 heteroatoms. The second-order valence-corrected chi connectivity index (χ2v) is 6.63. The van der Waals surface area contributed by atoms with E-state index in [1.54, 1.807) is 0 Å². The lowest BCUT2D eigenvalue weighted by atomic mass is 10.0. The fraction of sp³-hybridized carbons (Fsp3) is 0.125. The summed E-state index contributed by atoms with van der Waals surface area (Å²) in [4.78, 5) is 37.3. The first kappa shape index (κ1) is 20.8. The molecule has 0 saturated heterocycles. The molecule has 0 radical (unpaired) electrons. The first-order valence-corrected chi connectivity index (χ1v) is 9.44. The third-order valence-corrected chi connectivity index (χ3v) is 4.47. The monoisotopic (exact) mass is 402 g/mol. The molecule has 0 aliphatic heterocycles. The average molecular weight is 402 g/mol. The Morgan fingerprint density at radius 2 is 1.07 bits per heavy atom. The van der Waals surface area contributed by atoms with Crippen molar-refractivity contribution in [3.8, 4) is 0 Å². The maximum Gasteiger partial charge on any atom is 0.337 e. The van der Waals surface area contributed by atoms with E-state index in [4.69, 9.17) is 4.74 Å². The van der Waals surface area contributed by atoms with Gasteiger partial charge >= 0.3 is 5.97 Å². The molecular formula is C24H22N2O4. The molecular weight excluding hydrogens is 380 g/mol. The molecule has 3 rings (SSSR count). The SMILES string of the molecule is COC(=O)c1cc(C(=O)NCc2ccccc2)cc(C(=O)NCc2ccccc2)c1. The number of benzene rings is 3. The number of methoxy groups -OCH3 is 1. The molecule has 3 aromatic carbocycles. The van der Waals surface area contributed by atoms with Crippen molar-refractivity contribution >= 4 is 17.8 Å². The van der Waals surface area contributed by atoms with Gasteiger partial charge in [-0.05, 0) is 29.3 Å². The number of hydrogen-bond donors (Lipinski definition) is 2. The van der Waals surface area contributed by atoms with Crippen molar-refractivity contribution in [2.24, 2.45) is 0 Å². The van der Waals surface area contributed by atoms with Crippen molar-refractivity contribution in [3.05, 3.63) is 107 Å². The Hall–Kier alpha value is -3.93. The van der Waals surface area contributed by atoms with Gasteiger partial charge in [0.1, 0.15) is 0 Å². The van der Waals surface area contributed by atoms with E-state index < -0.39 is 5.97 Å². The number of nitrogens with one attached hydrogen (secondary N) is 2. The number of ether oxygens (including phenoxy) is 1. The maximum absolute atomic E-state index is 12.6. The van der Waals surface area contributed by atoms with E-state index in [-0.39, 0.29) is 28.5 Å². The first-order valence-electron chi connectivity index (χ1n) is 9.44. The predicted molar refractivity (Wildman–Crippen MR) is 113 cm³/mol. The van der Waals surface area contributed by atoms with Crippen molar-refractivity contribution in [2.75, 3.05) is 7.11 Å². The molecule has 30 heavy (non-hydrogen) atoms. The Balaban J connectivity index is 1.77. The van der Waals surface area contributed by atoms with E-state index in [1.807, 2.05) is 60.7 Å². The Bertz CT molecular complexity index is 960. The largest absolute Gasteiger partial charge is 0.465 e. The van der Waals surface area contributed by atoms with Crippen LogP contribution in [0.2, 0.25) is 0 Å². The summed E-state index contributed by atoms with van der Waals surface area (Å²) in [5.74, 6) is -1.40. The normalized spacial score (nSPS) is 10.2. The summed E-state index contributed by atoms with van der Waals surface area (Å²) in [5, 5.41) is 5.60. The summed E-state index contributed by atoms with van der Waals surface area (Å²) in [5.41, 5.74) is 2.43. The van der Waals surface area contributed by atoms with E-state index in [9.17, 15) is 14.4 Å². The van der Waals surface area contributed by atoms with Crippen LogP contribution in [0.15, 0.2) is 78.9 Å². The summed E-state index contributed by atoms with van der Waals surface area (Å²) < 4.78 is 4.76. The molecule has 0 unspecified atom stereocenters. The molecule has 0 saturated carbocycles. The van der Waals surface area contributed by atoms with Crippen LogP contribution in [-0.4, -0.2) is 24.9 Å². The van der Waals surface area contributed by atoms with Crippen LogP contribution in [0.3, 0.4) is 0 Å². The van der Waals surface area contributed by atoms with Crippen molar-refractivity contribution in [2.45, 2.75) is 13.1 Å². The molecule has 0 bridgehead atoms. The summed E-state index contributed by atoms with van der Waals surface area (Å²) >= 11 is 0. The van der Waals surface area contributed by atoms with Crippen LogP contribution < -0.4 is 10.6 Å². The van der Waals surface area contributed by atoms with Gasteiger partial charge in [-0.1, -0.05) is 60.7 Å². The Labute approximate surface area is 174 Å². The first-order chi connectivity index (χ1) is 14.6. The van der Waals surface area contributed by atoms with E-state index in [0.29, 0.717) is 13.1 Å². The van der Waals surface area contributed by atoms with Crippen LogP contribution in [0, 0.1) is 0 Å². The number of carbonyl (C=O) groups is 3. The van der Waals surface area contributed by atoms with Crippen LogP contribution in [0.4, 0.5) is 0 Å². The average Bonchev–Trinajstić information content (AvgIpc) is 2.81. The number of rotatable bonds is 7. The minimum Gasteiger partial charge on any atom is -0.465 e. The summed E-state index contributed by atoms with van der Waals surface area (Å²) in [6, 6.07) is 23.2. The van der Waals surface area contributed by atoms with Crippen LogP contribution >= 0.6 is 0 Å². The zero-order valence-electron chi connectivity index (χ0n) is 16.6. The molecule has 152 valence electrons. The molecule has 6 nitrogen and oxygen atoms in total. The molecule has 2 amide bonds. The highest BCUT2D eigenvalue weighted by Gasteiger charge is 2.16. The van der Waals surface area contributed by atoms with Crippen LogP contribution in [0.5, 0.6) is 0 Å². The molecule has 0 aliphatic carbocycles. The van der Waals surface area contributed by atoms with Crippen molar-refractivity contribution in [1.82, 2.24) is 10.6 Å². The highest BCUT2D eigenvalue weighted by molar-refractivity contribution is 6.03. The van der Waals surface area contributed by atoms with Gasteiger partial charge in [0.15, 0.2) is 0 Å². The molecule has 0 aliphatic rings. The van der Waals surface area contributed by atoms with E-state index in [2.05, 4.69) is 10.6 Å². The van der Waals surface area contributed by atoms with E-state index >= 15 is 0 Å². The second-order valence-electron chi connectivity index (χ2n) is 6.63. The zero-order chi connectivity index (χ0) is 21.3. The van der Waals surface area contributed by atoms with Gasteiger partial charge in [-0.3, -0.25) is 9.59 Å². The number of hydrogen-bond acceptors (Lipinski definition) is 4. The van der Waals surface area contributed by atoms with Gasteiger partial charge in [-0.25, -0.2) is 4.79 Å². The Morgan fingerprint density at radius 3 is 1.47 bits per heavy atom. The fourth-order valence-electron chi connectivity index (χ4n) is 2.89. The van der Waals surface area contributed by atoms with Gasteiger partial charge in [0, 0.05) is 24.2 Å². The second kappa shape index (κ2) is 10.0. The lowest BCUT2D eigenvalue weighted by molar-refractivity contribution is 0.0600. The maximum atomic E-state index is 12.6. The predicted octanol–water partition coefficient (Wildman–Crippen LogP) is 3.33. The molecule has 0 aromatic heterocycles. The molecule has 3 aromatic rings.